The maximum absolute atomic E-state index is 12.7. The molecule has 0 bridgehead atoms. The highest BCUT2D eigenvalue weighted by Crippen LogP contribution is 2.18. The second kappa shape index (κ2) is 6.58. The number of hydrogen-bond acceptors (Lipinski definition) is 3. The van der Waals surface area contributed by atoms with Crippen molar-refractivity contribution >= 4 is 16.8 Å². The number of carbonyl (C=O) groups is 1. The van der Waals surface area contributed by atoms with E-state index in [0.717, 1.165) is 11.1 Å². The van der Waals surface area contributed by atoms with Crippen LogP contribution < -0.4 is 15.5 Å². The average molecular weight is 322 g/mol. The van der Waals surface area contributed by atoms with Crippen LogP contribution in [0.25, 0.3) is 10.9 Å². The number of amides is 1. The van der Waals surface area contributed by atoms with Crippen molar-refractivity contribution in [3.05, 3.63) is 76.1 Å². The zero-order chi connectivity index (χ0) is 17.1. The Morgan fingerprint density at radius 2 is 1.92 bits per heavy atom. The summed E-state index contributed by atoms with van der Waals surface area (Å²) in [4.78, 5) is 25.1. The van der Waals surface area contributed by atoms with Crippen LogP contribution in [0.4, 0.5) is 0 Å². The molecule has 0 saturated carbocycles. The maximum Gasteiger partial charge on any atom is 0.257 e. The lowest BCUT2D eigenvalue weighted by molar-refractivity contribution is 0.0949. The highest BCUT2D eigenvalue weighted by molar-refractivity contribution is 5.97. The van der Waals surface area contributed by atoms with Gasteiger partial charge in [-0.15, -0.1) is 0 Å². The fraction of sp³-hybridized carbons (Fsp3) is 0.158. The number of fused-ring (bicyclic) bond motifs is 1. The molecule has 0 saturated heterocycles. The third-order valence-electron chi connectivity index (χ3n) is 3.94. The van der Waals surface area contributed by atoms with Crippen LogP contribution >= 0.6 is 0 Å². The molecule has 1 heterocycles. The van der Waals surface area contributed by atoms with Gasteiger partial charge in [0.25, 0.3) is 5.91 Å². The van der Waals surface area contributed by atoms with E-state index in [-0.39, 0.29) is 16.9 Å². The Morgan fingerprint density at radius 3 is 2.62 bits per heavy atom. The lowest BCUT2D eigenvalue weighted by Gasteiger charge is -2.10. The highest BCUT2D eigenvalue weighted by atomic mass is 16.5. The monoisotopic (exact) mass is 322 g/mol. The first kappa shape index (κ1) is 15.8. The minimum absolute atomic E-state index is 0.120. The van der Waals surface area contributed by atoms with Gasteiger partial charge in [-0.2, -0.15) is 0 Å². The molecule has 3 aromatic rings. The molecule has 1 aromatic heterocycles. The Morgan fingerprint density at radius 1 is 1.17 bits per heavy atom. The molecule has 1 amide bonds. The molecule has 3 rings (SSSR count). The molecule has 24 heavy (non-hydrogen) atoms. The van der Waals surface area contributed by atoms with Gasteiger partial charge in [0.2, 0.25) is 5.43 Å². The number of rotatable bonds is 4. The van der Waals surface area contributed by atoms with E-state index in [1.807, 2.05) is 37.4 Å². The Kier molecular flexibility index (Phi) is 4.33. The van der Waals surface area contributed by atoms with Gasteiger partial charge in [-0.1, -0.05) is 30.3 Å². The van der Waals surface area contributed by atoms with Crippen LogP contribution in [0.2, 0.25) is 0 Å². The van der Waals surface area contributed by atoms with Crippen molar-refractivity contribution in [2.24, 2.45) is 7.05 Å². The van der Waals surface area contributed by atoms with Gasteiger partial charge in [0.05, 0.1) is 18.0 Å². The summed E-state index contributed by atoms with van der Waals surface area (Å²) in [5.41, 5.74) is 1.55. The van der Waals surface area contributed by atoms with Crippen molar-refractivity contribution < 1.29 is 9.53 Å². The van der Waals surface area contributed by atoms with Gasteiger partial charge in [-0.3, -0.25) is 9.59 Å². The number of aryl methyl sites for hydroxylation is 1. The van der Waals surface area contributed by atoms with E-state index in [1.54, 1.807) is 36.1 Å². The number of ether oxygens (including phenoxy) is 1. The molecule has 1 N–H and O–H groups in total. The highest BCUT2D eigenvalue weighted by Gasteiger charge is 2.15. The normalized spacial score (nSPS) is 10.6. The quantitative estimate of drug-likeness (QED) is 0.803. The number of nitrogens with one attached hydrogen (secondary N) is 1. The summed E-state index contributed by atoms with van der Waals surface area (Å²) in [6, 6.07) is 14.8. The van der Waals surface area contributed by atoms with E-state index >= 15 is 0 Å². The fourth-order valence-electron chi connectivity index (χ4n) is 2.63. The van der Waals surface area contributed by atoms with Gasteiger partial charge < -0.3 is 14.6 Å². The predicted octanol–water partition coefficient (Wildman–Crippen LogP) is 2.48. The number of carbonyl (C=O) groups excluding carboxylic acids is 1. The Labute approximate surface area is 139 Å². The van der Waals surface area contributed by atoms with Crippen LogP contribution in [0.15, 0.2) is 59.5 Å². The average Bonchev–Trinajstić information content (AvgIpc) is 2.63. The van der Waals surface area contributed by atoms with Crippen molar-refractivity contribution in [2.45, 2.75) is 6.54 Å². The first-order valence-corrected chi connectivity index (χ1v) is 7.59. The summed E-state index contributed by atoms with van der Waals surface area (Å²) in [6.07, 6.45) is 1.57. The van der Waals surface area contributed by atoms with Gasteiger partial charge in [0.15, 0.2) is 0 Å². The molecular weight excluding hydrogens is 304 g/mol. The van der Waals surface area contributed by atoms with Crippen LogP contribution in [0.1, 0.15) is 15.9 Å². The molecule has 5 heteroatoms. The summed E-state index contributed by atoms with van der Waals surface area (Å²) in [5, 5.41) is 3.26. The molecule has 5 nitrogen and oxygen atoms in total. The smallest absolute Gasteiger partial charge is 0.257 e. The van der Waals surface area contributed by atoms with Gasteiger partial charge in [0.1, 0.15) is 11.3 Å². The van der Waals surface area contributed by atoms with E-state index in [0.29, 0.717) is 17.7 Å². The summed E-state index contributed by atoms with van der Waals surface area (Å²) in [6.45, 7) is 0.374. The molecule has 122 valence electrons. The van der Waals surface area contributed by atoms with E-state index in [4.69, 9.17) is 4.74 Å². The minimum atomic E-state index is -0.385. The second-order valence-corrected chi connectivity index (χ2v) is 5.53. The topological polar surface area (TPSA) is 60.3 Å². The summed E-state index contributed by atoms with van der Waals surface area (Å²) in [7, 11) is 3.35. The van der Waals surface area contributed by atoms with Crippen LogP contribution in [0, 0.1) is 0 Å². The standard InChI is InChI=1S/C19H18N2O3/c1-21-12-16(19(23)20-11-13-6-4-3-5-7-13)18(22)15-10-14(24-2)8-9-17(15)21/h3-10,12H,11H2,1-2H3,(H,20,23). The van der Waals surface area contributed by atoms with E-state index in [2.05, 4.69) is 5.32 Å². The van der Waals surface area contributed by atoms with Gasteiger partial charge in [-0.25, -0.2) is 0 Å². The van der Waals surface area contributed by atoms with Crippen LogP contribution in [0.3, 0.4) is 0 Å². The number of hydrogen-bond donors (Lipinski definition) is 1. The molecule has 0 aliphatic rings. The molecule has 0 atom stereocenters. The Hall–Kier alpha value is -3.08. The number of methoxy groups -OCH3 is 1. The van der Waals surface area contributed by atoms with Crippen molar-refractivity contribution in [1.29, 1.82) is 0 Å². The van der Waals surface area contributed by atoms with Crippen molar-refractivity contribution in [3.8, 4) is 5.75 Å². The van der Waals surface area contributed by atoms with Crippen LogP contribution in [-0.2, 0) is 13.6 Å². The number of pyridine rings is 1. The Balaban J connectivity index is 1.95. The zero-order valence-electron chi connectivity index (χ0n) is 13.6. The molecule has 0 unspecified atom stereocenters. The summed E-state index contributed by atoms with van der Waals surface area (Å²) in [5.74, 6) is 0.200. The Bertz CT molecular complexity index is 946. The van der Waals surface area contributed by atoms with E-state index in [1.165, 1.54) is 0 Å². The maximum atomic E-state index is 12.7. The SMILES string of the molecule is COc1ccc2c(c1)c(=O)c(C(=O)NCc1ccccc1)cn2C. The van der Waals surface area contributed by atoms with E-state index in [9.17, 15) is 9.59 Å². The molecular formula is C19H18N2O3. The lowest BCUT2D eigenvalue weighted by Crippen LogP contribution is -2.29. The summed E-state index contributed by atoms with van der Waals surface area (Å²) < 4.78 is 6.95. The largest absolute Gasteiger partial charge is 0.497 e. The molecule has 0 fully saturated rings. The molecule has 0 spiro atoms. The van der Waals surface area contributed by atoms with Crippen molar-refractivity contribution in [2.75, 3.05) is 7.11 Å². The van der Waals surface area contributed by atoms with Crippen molar-refractivity contribution in [1.82, 2.24) is 9.88 Å². The number of benzene rings is 2. The molecule has 0 radical (unpaired) electrons. The molecule has 0 aliphatic heterocycles. The number of aromatic nitrogens is 1. The minimum Gasteiger partial charge on any atom is -0.497 e. The zero-order valence-corrected chi connectivity index (χ0v) is 13.6. The van der Waals surface area contributed by atoms with E-state index < -0.39 is 0 Å². The van der Waals surface area contributed by atoms with Gasteiger partial charge in [-0.05, 0) is 23.8 Å². The van der Waals surface area contributed by atoms with Crippen LogP contribution in [0.5, 0.6) is 5.75 Å². The predicted molar refractivity (Wildman–Crippen MR) is 93.4 cm³/mol. The third kappa shape index (κ3) is 3.01. The first-order chi connectivity index (χ1) is 11.6. The van der Waals surface area contributed by atoms with Gasteiger partial charge in [0, 0.05) is 19.8 Å². The lowest BCUT2D eigenvalue weighted by atomic mass is 10.1. The molecule has 0 aliphatic carbocycles. The first-order valence-electron chi connectivity index (χ1n) is 7.59. The van der Waals surface area contributed by atoms with Crippen LogP contribution in [-0.4, -0.2) is 17.6 Å². The summed E-state index contributed by atoms with van der Waals surface area (Å²) >= 11 is 0. The molecule has 2 aromatic carbocycles. The third-order valence-corrected chi connectivity index (χ3v) is 3.94. The van der Waals surface area contributed by atoms with Crippen molar-refractivity contribution in [3.63, 3.8) is 0 Å². The number of nitrogens with zero attached hydrogens (tertiary/aromatic N) is 1. The second-order valence-electron chi connectivity index (χ2n) is 5.53. The fourth-order valence-corrected chi connectivity index (χ4v) is 2.63. The van der Waals surface area contributed by atoms with Gasteiger partial charge >= 0.3 is 0 Å².